The van der Waals surface area contributed by atoms with Gasteiger partial charge in [0.2, 0.25) is 11.8 Å². The molecule has 2 fully saturated rings. The zero-order valence-corrected chi connectivity index (χ0v) is 11.8. The normalized spacial score (nSPS) is 27.9. The van der Waals surface area contributed by atoms with Crippen molar-refractivity contribution in [2.45, 2.75) is 31.7 Å². The number of carbonyl (C=O) groups is 2. The Morgan fingerprint density at radius 2 is 2.30 bits per heavy atom. The van der Waals surface area contributed by atoms with Gasteiger partial charge in [-0.2, -0.15) is 0 Å². The molecule has 1 aromatic rings. The third kappa shape index (κ3) is 2.07. The molecule has 1 aliphatic heterocycles. The molecule has 2 heterocycles. The van der Waals surface area contributed by atoms with Gasteiger partial charge in [0.05, 0.1) is 0 Å². The summed E-state index contributed by atoms with van der Waals surface area (Å²) in [4.78, 5) is 30.4. The molecule has 20 heavy (non-hydrogen) atoms. The summed E-state index contributed by atoms with van der Waals surface area (Å²) in [7, 11) is 0. The summed E-state index contributed by atoms with van der Waals surface area (Å²) in [6.45, 7) is 4.74. The first-order chi connectivity index (χ1) is 9.51. The molecule has 5 nitrogen and oxygen atoms in total. The Hall–Kier alpha value is -1.91. The molecule has 0 aromatic carbocycles. The summed E-state index contributed by atoms with van der Waals surface area (Å²) >= 11 is 0. The topological polar surface area (TPSA) is 62.3 Å². The lowest BCUT2D eigenvalue weighted by Crippen LogP contribution is -2.63. The lowest BCUT2D eigenvalue weighted by atomic mass is 9.97. The maximum atomic E-state index is 12.6. The maximum absolute atomic E-state index is 12.6. The van der Waals surface area contributed by atoms with Crippen LogP contribution in [0, 0.1) is 5.92 Å². The van der Waals surface area contributed by atoms with Gasteiger partial charge >= 0.3 is 0 Å². The molecule has 1 N–H and O–H groups in total. The number of aromatic nitrogens is 1. The van der Waals surface area contributed by atoms with E-state index in [-0.39, 0.29) is 23.7 Å². The quantitative estimate of drug-likeness (QED) is 0.871. The van der Waals surface area contributed by atoms with Crippen molar-refractivity contribution in [3.05, 3.63) is 30.1 Å². The third-order valence-corrected chi connectivity index (χ3v) is 4.34. The zero-order valence-electron chi connectivity index (χ0n) is 11.8. The van der Waals surface area contributed by atoms with E-state index < -0.39 is 5.54 Å². The molecule has 1 saturated carbocycles. The standard InChI is InChI=1S/C15H19N3O2/c1-15(2)14(20)17-6-7-18(15)13(19)12-8-11(12)10-4-3-5-16-9-10/h3-5,9,11-12H,6-8H2,1-2H3,(H,17,20)/t11-,12-/m1/s1. The number of piperazine rings is 1. The molecule has 1 aliphatic carbocycles. The summed E-state index contributed by atoms with van der Waals surface area (Å²) in [5.74, 6) is 0.288. The molecule has 2 amide bonds. The van der Waals surface area contributed by atoms with Crippen LogP contribution in [0.25, 0.3) is 0 Å². The predicted octanol–water partition coefficient (Wildman–Crippen LogP) is 0.922. The van der Waals surface area contributed by atoms with E-state index in [0.717, 1.165) is 12.0 Å². The summed E-state index contributed by atoms with van der Waals surface area (Å²) < 4.78 is 0. The fraction of sp³-hybridized carbons (Fsp3) is 0.533. The fourth-order valence-electron chi connectivity index (χ4n) is 2.92. The Morgan fingerprint density at radius 3 is 3.00 bits per heavy atom. The molecular formula is C15H19N3O2. The summed E-state index contributed by atoms with van der Waals surface area (Å²) in [5, 5.41) is 2.82. The van der Waals surface area contributed by atoms with Crippen LogP contribution in [-0.2, 0) is 9.59 Å². The van der Waals surface area contributed by atoms with Gasteiger partial charge in [-0.3, -0.25) is 14.6 Å². The van der Waals surface area contributed by atoms with Crippen LogP contribution in [0.1, 0.15) is 31.7 Å². The summed E-state index contributed by atoms with van der Waals surface area (Å²) in [6.07, 6.45) is 4.42. The molecule has 0 spiro atoms. The second-order valence-corrected chi connectivity index (χ2v) is 6.04. The van der Waals surface area contributed by atoms with Crippen LogP contribution in [0.4, 0.5) is 0 Å². The van der Waals surface area contributed by atoms with E-state index in [1.807, 2.05) is 18.3 Å². The minimum atomic E-state index is -0.753. The SMILES string of the molecule is CC1(C)C(=O)NCCN1C(=O)[C@@H]1C[C@@H]1c1cccnc1. The Labute approximate surface area is 118 Å². The van der Waals surface area contributed by atoms with Crippen molar-refractivity contribution in [1.29, 1.82) is 0 Å². The van der Waals surface area contributed by atoms with Crippen molar-refractivity contribution in [2.75, 3.05) is 13.1 Å². The van der Waals surface area contributed by atoms with Crippen molar-refractivity contribution >= 4 is 11.8 Å². The molecule has 5 heteroatoms. The van der Waals surface area contributed by atoms with Gasteiger partial charge in [0.1, 0.15) is 5.54 Å². The van der Waals surface area contributed by atoms with Crippen LogP contribution in [0.5, 0.6) is 0 Å². The van der Waals surface area contributed by atoms with Crippen molar-refractivity contribution in [3.63, 3.8) is 0 Å². The van der Waals surface area contributed by atoms with E-state index in [9.17, 15) is 9.59 Å². The Morgan fingerprint density at radius 1 is 1.50 bits per heavy atom. The average Bonchev–Trinajstić information content (AvgIpc) is 3.22. The zero-order chi connectivity index (χ0) is 14.3. The van der Waals surface area contributed by atoms with Crippen molar-refractivity contribution < 1.29 is 9.59 Å². The van der Waals surface area contributed by atoms with Crippen LogP contribution in [-0.4, -0.2) is 40.3 Å². The number of hydrogen-bond donors (Lipinski definition) is 1. The van der Waals surface area contributed by atoms with Gasteiger partial charge in [0.25, 0.3) is 0 Å². The van der Waals surface area contributed by atoms with E-state index in [0.29, 0.717) is 13.1 Å². The first-order valence-corrected chi connectivity index (χ1v) is 7.01. The number of rotatable bonds is 2. The molecule has 1 saturated heterocycles. The Kier molecular flexibility index (Phi) is 3.00. The minimum Gasteiger partial charge on any atom is -0.352 e. The lowest BCUT2D eigenvalue weighted by Gasteiger charge is -2.41. The molecule has 106 valence electrons. The molecule has 2 atom stereocenters. The highest BCUT2D eigenvalue weighted by atomic mass is 16.2. The van der Waals surface area contributed by atoms with Gasteiger partial charge in [-0.05, 0) is 37.8 Å². The molecule has 2 aliphatic rings. The second-order valence-electron chi connectivity index (χ2n) is 6.04. The van der Waals surface area contributed by atoms with Gasteiger partial charge in [-0.15, -0.1) is 0 Å². The average molecular weight is 273 g/mol. The minimum absolute atomic E-state index is 0.00405. The van der Waals surface area contributed by atoms with E-state index in [2.05, 4.69) is 10.3 Å². The predicted molar refractivity (Wildman–Crippen MR) is 73.9 cm³/mol. The largest absolute Gasteiger partial charge is 0.352 e. The number of amides is 2. The molecular weight excluding hydrogens is 254 g/mol. The smallest absolute Gasteiger partial charge is 0.245 e. The van der Waals surface area contributed by atoms with Gasteiger partial charge in [-0.1, -0.05) is 6.07 Å². The van der Waals surface area contributed by atoms with E-state index in [4.69, 9.17) is 0 Å². The summed E-state index contributed by atoms with van der Waals surface area (Å²) in [5.41, 5.74) is 0.363. The van der Waals surface area contributed by atoms with Crippen molar-refractivity contribution in [1.82, 2.24) is 15.2 Å². The Bertz CT molecular complexity index is 541. The first-order valence-electron chi connectivity index (χ1n) is 7.01. The van der Waals surface area contributed by atoms with Gasteiger partial charge in [0, 0.05) is 31.4 Å². The Balaban J connectivity index is 1.73. The maximum Gasteiger partial charge on any atom is 0.245 e. The van der Waals surface area contributed by atoms with Crippen molar-refractivity contribution in [3.8, 4) is 0 Å². The molecule has 1 aromatic heterocycles. The highest BCUT2D eigenvalue weighted by molar-refractivity contribution is 5.93. The van der Waals surface area contributed by atoms with E-state index in [1.54, 1.807) is 24.9 Å². The highest BCUT2D eigenvalue weighted by Crippen LogP contribution is 2.48. The van der Waals surface area contributed by atoms with Crippen LogP contribution in [0.3, 0.4) is 0 Å². The summed E-state index contributed by atoms with van der Waals surface area (Å²) in [6, 6.07) is 3.91. The van der Waals surface area contributed by atoms with Crippen LogP contribution in [0.15, 0.2) is 24.5 Å². The van der Waals surface area contributed by atoms with Crippen molar-refractivity contribution in [2.24, 2.45) is 5.92 Å². The number of nitrogens with one attached hydrogen (secondary N) is 1. The number of pyridine rings is 1. The molecule has 0 unspecified atom stereocenters. The van der Waals surface area contributed by atoms with Gasteiger partial charge < -0.3 is 10.2 Å². The number of hydrogen-bond acceptors (Lipinski definition) is 3. The fourth-order valence-corrected chi connectivity index (χ4v) is 2.92. The highest BCUT2D eigenvalue weighted by Gasteiger charge is 2.50. The second kappa shape index (κ2) is 4.58. The van der Waals surface area contributed by atoms with Crippen LogP contribution < -0.4 is 5.32 Å². The van der Waals surface area contributed by atoms with Gasteiger partial charge in [0.15, 0.2) is 0 Å². The van der Waals surface area contributed by atoms with E-state index in [1.165, 1.54) is 0 Å². The molecule has 0 radical (unpaired) electrons. The van der Waals surface area contributed by atoms with E-state index >= 15 is 0 Å². The number of carbonyl (C=O) groups excluding carboxylic acids is 2. The lowest BCUT2D eigenvalue weighted by molar-refractivity contribution is -0.150. The third-order valence-electron chi connectivity index (χ3n) is 4.34. The van der Waals surface area contributed by atoms with Gasteiger partial charge in [-0.25, -0.2) is 0 Å². The monoisotopic (exact) mass is 273 g/mol. The molecule has 3 rings (SSSR count). The van der Waals surface area contributed by atoms with Crippen LogP contribution in [0.2, 0.25) is 0 Å². The first kappa shape index (κ1) is 13.1. The van der Waals surface area contributed by atoms with Crippen LogP contribution >= 0.6 is 0 Å². The number of nitrogens with zero attached hydrogens (tertiary/aromatic N) is 2. The molecule has 0 bridgehead atoms.